The first-order chi connectivity index (χ1) is 7.00. The van der Waals surface area contributed by atoms with Gasteiger partial charge in [0, 0.05) is 12.0 Å². The molecule has 3 nitrogen and oxygen atoms in total. The molecule has 0 bridgehead atoms. The highest BCUT2D eigenvalue weighted by Gasteiger charge is 2.25. The van der Waals surface area contributed by atoms with Gasteiger partial charge in [0.2, 0.25) is 0 Å². The zero-order valence-corrected chi connectivity index (χ0v) is 10.8. The van der Waals surface area contributed by atoms with Crippen molar-refractivity contribution in [2.24, 2.45) is 5.84 Å². The van der Waals surface area contributed by atoms with Gasteiger partial charge in [0.25, 0.3) is 0 Å². The molecule has 1 unspecified atom stereocenters. The summed E-state index contributed by atoms with van der Waals surface area (Å²) in [6, 6.07) is 1.92. The quantitative estimate of drug-likeness (QED) is 0.622. The maximum atomic E-state index is 6.06. The first kappa shape index (κ1) is 12.9. The van der Waals surface area contributed by atoms with Crippen molar-refractivity contribution in [1.82, 2.24) is 5.43 Å². The highest BCUT2D eigenvalue weighted by atomic mass is 35.5. The molecule has 1 aromatic rings. The lowest BCUT2D eigenvalue weighted by atomic mass is 9.98. The maximum Gasteiger partial charge on any atom is 0.0641 e. The Kier molecular flexibility index (Phi) is 4.55. The van der Waals surface area contributed by atoms with E-state index in [0.717, 1.165) is 16.3 Å². The Morgan fingerprint density at radius 1 is 1.67 bits per heavy atom. The van der Waals surface area contributed by atoms with Gasteiger partial charge in [-0.1, -0.05) is 11.6 Å². The molecule has 3 N–H and O–H groups in total. The third-order valence-corrected chi connectivity index (χ3v) is 3.88. The van der Waals surface area contributed by atoms with Crippen molar-refractivity contribution in [3.63, 3.8) is 0 Å². The van der Waals surface area contributed by atoms with Crippen molar-refractivity contribution >= 4 is 22.9 Å². The maximum absolute atomic E-state index is 6.06. The number of thiophene rings is 1. The van der Waals surface area contributed by atoms with E-state index in [1.807, 2.05) is 25.3 Å². The van der Waals surface area contributed by atoms with Gasteiger partial charge in [-0.15, -0.1) is 11.3 Å². The van der Waals surface area contributed by atoms with Crippen LogP contribution in [0.5, 0.6) is 0 Å². The summed E-state index contributed by atoms with van der Waals surface area (Å²) in [5, 5.41) is 2.72. The molecule has 0 aromatic carbocycles. The Hall–Kier alpha value is -0.130. The lowest BCUT2D eigenvalue weighted by molar-refractivity contribution is 0.00712. The minimum atomic E-state index is -0.218. The monoisotopic (exact) mass is 248 g/mol. The second-order valence-corrected chi connectivity index (χ2v) is 5.37. The Morgan fingerprint density at radius 3 is 2.73 bits per heavy atom. The third-order valence-electron chi connectivity index (χ3n) is 2.41. The van der Waals surface area contributed by atoms with Crippen LogP contribution >= 0.6 is 22.9 Å². The Morgan fingerprint density at radius 2 is 2.33 bits per heavy atom. The number of rotatable bonds is 5. The summed E-state index contributed by atoms with van der Waals surface area (Å²) in [5.41, 5.74) is 2.56. The molecule has 0 aliphatic rings. The number of nitrogens with two attached hydrogens (primary N) is 1. The van der Waals surface area contributed by atoms with Gasteiger partial charge in [-0.25, -0.2) is 0 Å². The predicted molar refractivity (Wildman–Crippen MR) is 65.1 cm³/mol. The van der Waals surface area contributed by atoms with Crippen molar-refractivity contribution in [2.75, 3.05) is 7.11 Å². The second kappa shape index (κ2) is 5.27. The van der Waals surface area contributed by atoms with Crippen LogP contribution in [0, 0.1) is 0 Å². The van der Waals surface area contributed by atoms with Crippen LogP contribution in [0.1, 0.15) is 31.2 Å². The van der Waals surface area contributed by atoms with Crippen LogP contribution in [0.4, 0.5) is 0 Å². The van der Waals surface area contributed by atoms with Crippen molar-refractivity contribution < 1.29 is 4.74 Å². The number of hydrazine groups is 1. The minimum Gasteiger partial charge on any atom is -0.379 e. The smallest absolute Gasteiger partial charge is 0.0641 e. The molecule has 0 saturated heterocycles. The first-order valence-corrected chi connectivity index (χ1v) is 6.00. The summed E-state index contributed by atoms with van der Waals surface area (Å²) in [4.78, 5) is 1.06. The normalized spacial score (nSPS) is 14.2. The molecule has 0 radical (unpaired) electrons. The van der Waals surface area contributed by atoms with E-state index < -0.39 is 0 Å². The van der Waals surface area contributed by atoms with Crippen LogP contribution in [0.15, 0.2) is 11.4 Å². The van der Waals surface area contributed by atoms with E-state index in [9.17, 15) is 0 Å². The fourth-order valence-electron chi connectivity index (χ4n) is 1.36. The van der Waals surface area contributed by atoms with Crippen LogP contribution in [0.3, 0.4) is 0 Å². The van der Waals surface area contributed by atoms with Crippen molar-refractivity contribution in [1.29, 1.82) is 0 Å². The summed E-state index contributed by atoms with van der Waals surface area (Å²) < 4.78 is 5.37. The highest BCUT2D eigenvalue weighted by Crippen LogP contribution is 2.33. The third kappa shape index (κ3) is 3.43. The van der Waals surface area contributed by atoms with E-state index >= 15 is 0 Å². The number of hydrogen-bond acceptors (Lipinski definition) is 4. The standard InChI is InChI=1S/C10H17ClN2OS/c1-10(2,14-3)6-8(13-12)9-7(11)4-5-15-9/h4-5,8,13H,6,12H2,1-3H3. The molecule has 0 amide bonds. The molecule has 1 atom stereocenters. The van der Waals surface area contributed by atoms with Crippen molar-refractivity contribution in [3.8, 4) is 0 Å². The molecule has 0 spiro atoms. The summed E-state index contributed by atoms with van der Waals surface area (Å²) in [7, 11) is 1.70. The van der Waals surface area contributed by atoms with Gasteiger partial charge in [0.05, 0.1) is 16.7 Å². The fourth-order valence-corrected chi connectivity index (χ4v) is 2.61. The number of methoxy groups -OCH3 is 1. The molecule has 0 aliphatic carbocycles. The van der Waals surface area contributed by atoms with Gasteiger partial charge in [-0.3, -0.25) is 11.3 Å². The SMILES string of the molecule is COC(C)(C)CC(NN)c1sccc1Cl. The molecule has 15 heavy (non-hydrogen) atoms. The molecule has 0 aliphatic heterocycles. The van der Waals surface area contributed by atoms with Gasteiger partial charge in [-0.05, 0) is 31.7 Å². The topological polar surface area (TPSA) is 47.3 Å². The lowest BCUT2D eigenvalue weighted by Gasteiger charge is -2.27. The highest BCUT2D eigenvalue weighted by molar-refractivity contribution is 7.10. The molecule has 0 saturated carbocycles. The number of hydrogen-bond donors (Lipinski definition) is 2. The van der Waals surface area contributed by atoms with E-state index in [0.29, 0.717) is 0 Å². The summed E-state index contributed by atoms with van der Waals surface area (Å²) in [6.07, 6.45) is 0.778. The zero-order chi connectivity index (χ0) is 11.5. The fraction of sp³-hybridized carbons (Fsp3) is 0.600. The molecule has 0 fully saturated rings. The van der Waals surface area contributed by atoms with E-state index in [1.54, 1.807) is 18.4 Å². The summed E-state index contributed by atoms with van der Waals surface area (Å²) >= 11 is 7.66. The van der Waals surface area contributed by atoms with Gasteiger partial charge < -0.3 is 4.74 Å². The van der Waals surface area contributed by atoms with Crippen LogP contribution in [0.25, 0.3) is 0 Å². The average molecular weight is 249 g/mol. The summed E-state index contributed by atoms with van der Waals surface area (Å²) in [6.45, 7) is 4.05. The molecular formula is C10H17ClN2OS. The van der Waals surface area contributed by atoms with Crippen molar-refractivity contribution in [2.45, 2.75) is 31.9 Å². The Balaban J connectivity index is 2.77. The molecule has 1 rings (SSSR count). The van der Waals surface area contributed by atoms with Crippen LogP contribution in [-0.2, 0) is 4.74 Å². The van der Waals surface area contributed by atoms with Gasteiger partial charge in [0.15, 0.2) is 0 Å². The largest absolute Gasteiger partial charge is 0.379 e. The number of ether oxygens (including phenoxy) is 1. The van der Waals surface area contributed by atoms with Gasteiger partial charge in [-0.2, -0.15) is 0 Å². The predicted octanol–water partition coefficient (Wildman–Crippen LogP) is 2.72. The molecule has 1 aromatic heterocycles. The van der Waals surface area contributed by atoms with Crippen LogP contribution < -0.4 is 11.3 Å². The van der Waals surface area contributed by atoms with E-state index in [1.165, 1.54) is 0 Å². The van der Waals surface area contributed by atoms with E-state index in [4.69, 9.17) is 22.2 Å². The second-order valence-electron chi connectivity index (χ2n) is 4.02. The molecule has 5 heteroatoms. The molecule has 86 valence electrons. The summed E-state index contributed by atoms with van der Waals surface area (Å²) in [5.74, 6) is 5.54. The van der Waals surface area contributed by atoms with Gasteiger partial charge in [0.1, 0.15) is 0 Å². The number of halogens is 1. The Bertz CT molecular complexity index is 314. The van der Waals surface area contributed by atoms with E-state index in [-0.39, 0.29) is 11.6 Å². The zero-order valence-electron chi connectivity index (χ0n) is 9.21. The number of nitrogens with one attached hydrogen (secondary N) is 1. The lowest BCUT2D eigenvalue weighted by Crippen LogP contribution is -2.35. The first-order valence-electron chi connectivity index (χ1n) is 4.74. The minimum absolute atomic E-state index is 0.0347. The van der Waals surface area contributed by atoms with E-state index in [2.05, 4.69) is 5.43 Å². The van der Waals surface area contributed by atoms with Gasteiger partial charge >= 0.3 is 0 Å². The Labute approximate surface area is 99.5 Å². The molecular weight excluding hydrogens is 232 g/mol. The van der Waals surface area contributed by atoms with Crippen LogP contribution in [0.2, 0.25) is 5.02 Å². The molecule has 1 heterocycles. The van der Waals surface area contributed by atoms with Crippen LogP contribution in [-0.4, -0.2) is 12.7 Å². The van der Waals surface area contributed by atoms with Crippen molar-refractivity contribution in [3.05, 3.63) is 21.3 Å². The average Bonchev–Trinajstić information content (AvgIpc) is 2.61.